The highest BCUT2D eigenvalue weighted by atomic mass is 127. The van der Waals surface area contributed by atoms with Gasteiger partial charge in [-0.05, 0) is 0 Å². The molecule has 0 amide bonds. The van der Waals surface area contributed by atoms with E-state index in [4.69, 9.17) is 0 Å². The van der Waals surface area contributed by atoms with E-state index in [-0.39, 0.29) is 6.54 Å². The van der Waals surface area contributed by atoms with Gasteiger partial charge in [0, 0.05) is 11.0 Å². The molecule has 0 unspecified atom stereocenters. The van der Waals surface area contributed by atoms with E-state index in [1.165, 1.54) is 7.11 Å². The molecule has 7 heteroatoms. The molecule has 0 aliphatic rings. The molecule has 78 valence electrons. The first kappa shape index (κ1) is 13.1. The van der Waals surface area contributed by atoms with Crippen LogP contribution in [0.4, 0.5) is 0 Å². The minimum absolute atomic E-state index is 0.210. The molecule has 0 heterocycles. The first-order chi connectivity index (χ1) is 5.91. The Morgan fingerprint density at radius 2 is 2.08 bits per heavy atom. The lowest BCUT2D eigenvalue weighted by Gasteiger charge is -2.16. The number of ether oxygens (including phenoxy) is 1. The highest BCUT2D eigenvalue weighted by molar-refractivity contribution is 14.1. The van der Waals surface area contributed by atoms with E-state index < -0.39 is 16.0 Å². The van der Waals surface area contributed by atoms with Crippen molar-refractivity contribution >= 4 is 38.6 Å². The lowest BCUT2D eigenvalue weighted by Crippen LogP contribution is -2.36. The standard InChI is InChI=1S/C6H12INO4S/c1-12-6(9)5-8(4-3-7)13(2,10)11/h3-5H2,1-2H3. The summed E-state index contributed by atoms with van der Waals surface area (Å²) < 4.78 is 28.3. The fraction of sp³-hybridized carbons (Fsp3) is 0.833. The highest BCUT2D eigenvalue weighted by Crippen LogP contribution is 1.99. The molecule has 0 saturated heterocycles. The number of methoxy groups -OCH3 is 1. The van der Waals surface area contributed by atoms with E-state index >= 15 is 0 Å². The topological polar surface area (TPSA) is 63.7 Å². The van der Waals surface area contributed by atoms with Crippen LogP contribution in [-0.4, -0.2) is 49.6 Å². The lowest BCUT2D eigenvalue weighted by atomic mass is 10.6. The average molecular weight is 321 g/mol. The molecule has 0 aliphatic carbocycles. The quantitative estimate of drug-likeness (QED) is 0.402. The summed E-state index contributed by atoms with van der Waals surface area (Å²) in [5.74, 6) is -0.546. The van der Waals surface area contributed by atoms with Crippen molar-refractivity contribution in [1.29, 1.82) is 0 Å². The van der Waals surface area contributed by atoms with Gasteiger partial charge in [0.2, 0.25) is 10.0 Å². The third-order valence-corrected chi connectivity index (χ3v) is 3.07. The lowest BCUT2D eigenvalue weighted by molar-refractivity contribution is -0.140. The Balaban J connectivity index is 4.36. The number of hydrogen-bond acceptors (Lipinski definition) is 4. The third kappa shape index (κ3) is 5.42. The van der Waals surface area contributed by atoms with Gasteiger partial charge in [-0.3, -0.25) is 4.79 Å². The van der Waals surface area contributed by atoms with Crippen LogP contribution in [0.5, 0.6) is 0 Å². The van der Waals surface area contributed by atoms with Gasteiger partial charge in [0.05, 0.1) is 13.4 Å². The SMILES string of the molecule is COC(=O)CN(CCI)S(C)(=O)=O. The van der Waals surface area contributed by atoms with Gasteiger partial charge in [0.15, 0.2) is 0 Å². The number of halogens is 1. The summed E-state index contributed by atoms with van der Waals surface area (Å²) in [5, 5.41) is 0. The molecule has 0 aromatic carbocycles. The average Bonchev–Trinajstić information content (AvgIpc) is 2.01. The van der Waals surface area contributed by atoms with Gasteiger partial charge in [0.25, 0.3) is 0 Å². The Morgan fingerprint density at radius 1 is 1.54 bits per heavy atom. The molecule has 0 aromatic heterocycles. The Labute approximate surface area is 91.6 Å². The second kappa shape index (κ2) is 5.76. The zero-order valence-corrected chi connectivity index (χ0v) is 10.5. The Hall–Kier alpha value is 0.110. The Kier molecular flexibility index (Phi) is 5.81. The van der Waals surface area contributed by atoms with Crippen LogP contribution in [0.2, 0.25) is 0 Å². The summed E-state index contributed by atoms with van der Waals surface area (Å²) in [4.78, 5) is 10.8. The van der Waals surface area contributed by atoms with Crippen molar-refractivity contribution in [3.05, 3.63) is 0 Å². The van der Waals surface area contributed by atoms with Crippen molar-refractivity contribution in [1.82, 2.24) is 4.31 Å². The molecule has 13 heavy (non-hydrogen) atoms. The van der Waals surface area contributed by atoms with Crippen molar-refractivity contribution in [2.24, 2.45) is 0 Å². The van der Waals surface area contributed by atoms with Crippen molar-refractivity contribution in [3.63, 3.8) is 0 Å². The highest BCUT2D eigenvalue weighted by Gasteiger charge is 2.19. The fourth-order valence-corrected chi connectivity index (χ4v) is 2.34. The number of alkyl halides is 1. The van der Waals surface area contributed by atoms with Crippen LogP contribution in [0.1, 0.15) is 0 Å². The van der Waals surface area contributed by atoms with E-state index in [9.17, 15) is 13.2 Å². The molecule has 0 saturated carbocycles. The molecule has 0 aromatic rings. The van der Waals surface area contributed by atoms with Gasteiger partial charge in [0.1, 0.15) is 6.54 Å². The predicted octanol–water partition coefficient (Wildman–Crippen LogP) is -0.144. The summed E-state index contributed by atoms with van der Waals surface area (Å²) >= 11 is 2.04. The largest absolute Gasteiger partial charge is 0.468 e. The van der Waals surface area contributed by atoms with Crippen LogP contribution >= 0.6 is 22.6 Å². The van der Waals surface area contributed by atoms with Crippen molar-refractivity contribution in [3.8, 4) is 0 Å². The second-order valence-electron chi connectivity index (χ2n) is 2.36. The van der Waals surface area contributed by atoms with Crippen molar-refractivity contribution in [2.45, 2.75) is 0 Å². The molecule has 0 radical (unpaired) electrons. The third-order valence-electron chi connectivity index (χ3n) is 1.34. The van der Waals surface area contributed by atoms with Crippen molar-refractivity contribution < 1.29 is 17.9 Å². The monoisotopic (exact) mass is 321 g/mol. The van der Waals surface area contributed by atoms with Crippen LogP contribution in [0.3, 0.4) is 0 Å². The first-order valence-electron chi connectivity index (χ1n) is 3.49. The first-order valence-corrected chi connectivity index (χ1v) is 6.87. The van der Waals surface area contributed by atoms with Gasteiger partial charge in [-0.15, -0.1) is 0 Å². The Morgan fingerprint density at radius 3 is 2.38 bits per heavy atom. The zero-order chi connectivity index (χ0) is 10.5. The molecule has 0 atom stereocenters. The van der Waals surface area contributed by atoms with Crippen molar-refractivity contribution in [2.75, 3.05) is 30.9 Å². The van der Waals surface area contributed by atoms with Gasteiger partial charge in [-0.2, -0.15) is 4.31 Å². The van der Waals surface area contributed by atoms with E-state index in [1.54, 1.807) is 0 Å². The van der Waals surface area contributed by atoms with E-state index in [0.29, 0.717) is 11.0 Å². The number of nitrogens with zero attached hydrogens (tertiary/aromatic N) is 1. The number of carbonyl (C=O) groups excluding carboxylic acids is 1. The molecule has 0 fully saturated rings. The number of carbonyl (C=O) groups is 1. The van der Waals surface area contributed by atoms with Gasteiger partial charge >= 0.3 is 5.97 Å². The van der Waals surface area contributed by atoms with Gasteiger partial charge in [-0.25, -0.2) is 8.42 Å². The second-order valence-corrected chi connectivity index (χ2v) is 5.42. The predicted molar refractivity (Wildman–Crippen MR) is 57.3 cm³/mol. The van der Waals surface area contributed by atoms with E-state index in [1.807, 2.05) is 22.6 Å². The molecular formula is C6H12INO4S. The Bertz CT molecular complexity index is 264. The van der Waals surface area contributed by atoms with E-state index in [0.717, 1.165) is 10.6 Å². The number of sulfonamides is 1. The smallest absolute Gasteiger partial charge is 0.321 e. The van der Waals surface area contributed by atoms with Crippen LogP contribution in [0.25, 0.3) is 0 Å². The summed E-state index contributed by atoms with van der Waals surface area (Å²) in [6.07, 6.45) is 1.07. The molecule has 0 rings (SSSR count). The van der Waals surface area contributed by atoms with Crippen LogP contribution in [-0.2, 0) is 19.6 Å². The summed E-state index contributed by atoms with van der Waals surface area (Å²) in [5.41, 5.74) is 0. The maximum Gasteiger partial charge on any atom is 0.321 e. The molecule has 0 bridgehead atoms. The van der Waals surface area contributed by atoms with Gasteiger partial charge in [-0.1, -0.05) is 22.6 Å². The summed E-state index contributed by atoms with van der Waals surface area (Å²) in [6, 6.07) is 0. The number of rotatable bonds is 5. The van der Waals surface area contributed by atoms with Crippen LogP contribution < -0.4 is 0 Å². The fourth-order valence-electron chi connectivity index (χ4n) is 0.665. The molecule has 0 N–H and O–H groups in total. The number of hydrogen-bond donors (Lipinski definition) is 0. The number of esters is 1. The zero-order valence-electron chi connectivity index (χ0n) is 7.49. The van der Waals surface area contributed by atoms with Crippen LogP contribution in [0.15, 0.2) is 0 Å². The molecule has 5 nitrogen and oxygen atoms in total. The summed E-state index contributed by atoms with van der Waals surface area (Å²) in [6.45, 7) is 0.118. The maximum absolute atomic E-state index is 11.1. The molecular weight excluding hydrogens is 309 g/mol. The van der Waals surface area contributed by atoms with Gasteiger partial charge < -0.3 is 4.74 Å². The molecule has 0 aliphatic heterocycles. The van der Waals surface area contributed by atoms with Crippen LogP contribution in [0, 0.1) is 0 Å². The maximum atomic E-state index is 11.1. The minimum atomic E-state index is -3.30. The van der Waals surface area contributed by atoms with E-state index in [2.05, 4.69) is 4.74 Å². The minimum Gasteiger partial charge on any atom is -0.468 e. The summed E-state index contributed by atoms with van der Waals surface area (Å²) in [7, 11) is -2.08. The molecule has 0 spiro atoms. The normalized spacial score (nSPS) is 11.7.